The summed E-state index contributed by atoms with van der Waals surface area (Å²) in [7, 11) is 1.74. The molecule has 0 bridgehead atoms. The summed E-state index contributed by atoms with van der Waals surface area (Å²) < 4.78 is 6.22. The van der Waals surface area contributed by atoms with Crippen LogP contribution in [0.5, 0.6) is 0 Å². The fraction of sp³-hybridized carbons (Fsp3) is 0.643. The largest absolute Gasteiger partial charge is 0.383 e. The van der Waals surface area contributed by atoms with E-state index < -0.39 is 0 Å². The number of aromatic nitrogens is 1. The van der Waals surface area contributed by atoms with Crippen LogP contribution in [0.25, 0.3) is 0 Å². The van der Waals surface area contributed by atoms with E-state index in [0.29, 0.717) is 0 Å². The van der Waals surface area contributed by atoms with Gasteiger partial charge in [0.1, 0.15) is 0 Å². The molecule has 0 aromatic carbocycles. The quantitative estimate of drug-likeness (QED) is 0.922. The molecule has 4 nitrogen and oxygen atoms in total. The van der Waals surface area contributed by atoms with Crippen LogP contribution >= 0.6 is 15.9 Å². The highest BCUT2D eigenvalue weighted by molar-refractivity contribution is 9.10. The van der Waals surface area contributed by atoms with Crippen molar-refractivity contribution in [3.05, 3.63) is 28.5 Å². The summed E-state index contributed by atoms with van der Waals surface area (Å²) in [6.45, 7) is 2.71. The predicted molar refractivity (Wildman–Crippen MR) is 80.0 cm³/mol. The van der Waals surface area contributed by atoms with Gasteiger partial charge in [-0.25, -0.2) is 0 Å². The van der Waals surface area contributed by atoms with Gasteiger partial charge >= 0.3 is 0 Å². The lowest BCUT2D eigenvalue weighted by Gasteiger charge is -2.32. The second kappa shape index (κ2) is 7.33. The van der Waals surface area contributed by atoms with E-state index in [2.05, 4.69) is 31.9 Å². The number of halogens is 1. The monoisotopic (exact) mass is 327 g/mol. The van der Waals surface area contributed by atoms with Gasteiger partial charge in [-0.3, -0.25) is 9.88 Å². The Morgan fingerprint density at radius 2 is 2.32 bits per heavy atom. The van der Waals surface area contributed by atoms with Crippen molar-refractivity contribution >= 4 is 15.9 Å². The minimum Gasteiger partial charge on any atom is -0.383 e. The third kappa shape index (κ3) is 3.99. The van der Waals surface area contributed by atoms with Gasteiger partial charge in [-0.15, -0.1) is 0 Å². The van der Waals surface area contributed by atoms with Crippen LogP contribution in [0, 0.1) is 0 Å². The first kappa shape index (κ1) is 14.9. The standard InChI is InChI=1S/C14H22BrN3O/c1-19-9-8-18-7-3-2-4-12(16)14(18)13-6-5-11(15)10-17-13/h5-6,10,12,14H,2-4,7-9,16H2,1H3. The number of ether oxygens (including phenoxy) is 1. The Morgan fingerprint density at radius 3 is 3.00 bits per heavy atom. The van der Waals surface area contributed by atoms with Crippen LogP contribution in [0.3, 0.4) is 0 Å². The topological polar surface area (TPSA) is 51.4 Å². The van der Waals surface area contributed by atoms with Crippen molar-refractivity contribution in [1.29, 1.82) is 0 Å². The van der Waals surface area contributed by atoms with E-state index >= 15 is 0 Å². The minimum absolute atomic E-state index is 0.146. The Bertz CT molecular complexity index is 385. The summed E-state index contributed by atoms with van der Waals surface area (Å²) in [5, 5.41) is 0. The maximum absolute atomic E-state index is 6.38. The van der Waals surface area contributed by atoms with Gasteiger partial charge in [0.15, 0.2) is 0 Å². The molecule has 1 aromatic rings. The fourth-order valence-corrected chi connectivity index (χ4v) is 2.93. The maximum atomic E-state index is 6.38. The molecular formula is C14H22BrN3O. The van der Waals surface area contributed by atoms with Crippen LogP contribution in [0.4, 0.5) is 0 Å². The molecule has 2 atom stereocenters. The van der Waals surface area contributed by atoms with Gasteiger partial charge in [-0.2, -0.15) is 0 Å². The van der Waals surface area contributed by atoms with Gasteiger partial charge < -0.3 is 10.5 Å². The first-order chi connectivity index (χ1) is 9.22. The van der Waals surface area contributed by atoms with Crippen molar-refractivity contribution in [2.24, 2.45) is 5.73 Å². The summed E-state index contributed by atoms with van der Waals surface area (Å²) in [6, 6.07) is 4.45. The van der Waals surface area contributed by atoms with E-state index in [1.54, 1.807) is 7.11 Å². The molecule has 1 saturated heterocycles. The van der Waals surface area contributed by atoms with E-state index in [4.69, 9.17) is 10.5 Å². The third-order valence-electron chi connectivity index (χ3n) is 3.67. The smallest absolute Gasteiger partial charge is 0.0674 e. The second-order valence-electron chi connectivity index (χ2n) is 5.03. The highest BCUT2D eigenvalue weighted by Gasteiger charge is 2.29. The van der Waals surface area contributed by atoms with Crippen LogP contribution in [-0.2, 0) is 4.74 Å². The third-order valence-corrected chi connectivity index (χ3v) is 4.14. The van der Waals surface area contributed by atoms with Gasteiger partial charge in [0.05, 0.1) is 18.3 Å². The van der Waals surface area contributed by atoms with Crippen LogP contribution in [0.15, 0.2) is 22.8 Å². The molecule has 0 spiro atoms. The van der Waals surface area contributed by atoms with E-state index in [1.807, 2.05) is 12.3 Å². The van der Waals surface area contributed by atoms with Crippen molar-refractivity contribution in [3.8, 4) is 0 Å². The predicted octanol–water partition coefficient (Wildman–Crippen LogP) is 2.34. The number of hydrogen-bond acceptors (Lipinski definition) is 4. The summed E-state index contributed by atoms with van der Waals surface area (Å²) in [5.41, 5.74) is 7.44. The summed E-state index contributed by atoms with van der Waals surface area (Å²) in [4.78, 5) is 6.96. The number of likely N-dealkylation sites (tertiary alicyclic amines) is 1. The zero-order valence-electron chi connectivity index (χ0n) is 11.4. The van der Waals surface area contributed by atoms with E-state index in [-0.39, 0.29) is 12.1 Å². The van der Waals surface area contributed by atoms with E-state index in [1.165, 1.54) is 12.8 Å². The molecule has 1 fully saturated rings. The molecular weight excluding hydrogens is 306 g/mol. The second-order valence-corrected chi connectivity index (χ2v) is 5.95. The van der Waals surface area contributed by atoms with Crippen molar-refractivity contribution in [3.63, 3.8) is 0 Å². The van der Waals surface area contributed by atoms with Crippen LogP contribution in [-0.4, -0.2) is 42.7 Å². The molecule has 1 aliphatic heterocycles. The van der Waals surface area contributed by atoms with Gasteiger partial charge in [-0.1, -0.05) is 6.42 Å². The summed E-state index contributed by atoms with van der Waals surface area (Å²) >= 11 is 3.43. The summed E-state index contributed by atoms with van der Waals surface area (Å²) in [5.74, 6) is 0. The fourth-order valence-electron chi connectivity index (χ4n) is 2.69. The van der Waals surface area contributed by atoms with E-state index in [9.17, 15) is 0 Å². The van der Waals surface area contributed by atoms with Crippen molar-refractivity contribution in [2.45, 2.75) is 31.3 Å². The lowest BCUT2D eigenvalue weighted by molar-refractivity contribution is 0.113. The van der Waals surface area contributed by atoms with Crippen LogP contribution in [0.1, 0.15) is 31.0 Å². The molecule has 2 heterocycles. The first-order valence-electron chi connectivity index (χ1n) is 6.82. The Kier molecular flexibility index (Phi) is 5.76. The number of nitrogens with two attached hydrogens (primary N) is 1. The van der Waals surface area contributed by atoms with Gasteiger partial charge in [0.2, 0.25) is 0 Å². The zero-order valence-corrected chi connectivity index (χ0v) is 13.0. The minimum atomic E-state index is 0.146. The lowest BCUT2D eigenvalue weighted by atomic mass is 10.0. The van der Waals surface area contributed by atoms with Crippen molar-refractivity contribution in [2.75, 3.05) is 26.8 Å². The molecule has 2 N–H and O–H groups in total. The number of rotatable bonds is 4. The van der Waals surface area contributed by atoms with Crippen molar-refractivity contribution < 1.29 is 4.74 Å². The Labute approximate surface area is 123 Å². The molecule has 0 radical (unpaired) electrons. The average Bonchev–Trinajstić information content (AvgIpc) is 2.59. The number of pyridine rings is 1. The SMILES string of the molecule is COCCN1CCCCC(N)C1c1ccc(Br)cn1. The molecule has 0 saturated carbocycles. The molecule has 2 unspecified atom stereocenters. The van der Waals surface area contributed by atoms with Crippen LogP contribution in [0.2, 0.25) is 0 Å². The number of nitrogens with zero attached hydrogens (tertiary/aromatic N) is 2. The Morgan fingerprint density at radius 1 is 1.47 bits per heavy atom. The Hall–Kier alpha value is -0.490. The number of hydrogen-bond donors (Lipinski definition) is 1. The molecule has 106 valence electrons. The van der Waals surface area contributed by atoms with E-state index in [0.717, 1.165) is 36.3 Å². The zero-order chi connectivity index (χ0) is 13.7. The Balaban J connectivity index is 2.20. The molecule has 19 heavy (non-hydrogen) atoms. The molecule has 0 aliphatic carbocycles. The molecule has 1 aromatic heterocycles. The molecule has 1 aliphatic rings. The average molecular weight is 328 g/mol. The first-order valence-corrected chi connectivity index (χ1v) is 7.61. The van der Waals surface area contributed by atoms with Gasteiger partial charge in [0.25, 0.3) is 0 Å². The number of methoxy groups -OCH3 is 1. The van der Waals surface area contributed by atoms with Crippen LogP contribution < -0.4 is 5.73 Å². The highest BCUT2D eigenvalue weighted by atomic mass is 79.9. The van der Waals surface area contributed by atoms with Gasteiger partial charge in [0, 0.05) is 30.4 Å². The van der Waals surface area contributed by atoms with Gasteiger partial charge in [-0.05, 0) is 47.4 Å². The molecule has 0 amide bonds. The van der Waals surface area contributed by atoms with Crippen molar-refractivity contribution in [1.82, 2.24) is 9.88 Å². The highest BCUT2D eigenvalue weighted by Crippen LogP contribution is 2.28. The maximum Gasteiger partial charge on any atom is 0.0674 e. The molecule has 2 rings (SSSR count). The normalized spacial score (nSPS) is 25.2. The summed E-state index contributed by atoms with van der Waals surface area (Å²) in [6.07, 6.45) is 5.30. The molecule has 5 heteroatoms. The lowest BCUT2D eigenvalue weighted by Crippen LogP contribution is -2.41.